The van der Waals surface area contributed by atoms with Crippen molar-refractivity contribution in [2.75, 3.05) is 0 Å². The quantitative estimate of drug-likeness (QED) is 0.885. The molecular formula is C17H17FO2. The van der Waals surface area contributed by atoms with Gasteiger partial charge in [0, 0.05) is 0 Å². The number of carboxylic acid groups (broad SMARTS) is 1. The van der Waals surface area contributed by atoms with Crippen LogP contribution in [0.3, 0.4) is 0 Å². The van der Waals surface area contributed by atoms with Gasteiger partial charge in [-0.2, -0.15) is 0 Å². The monoisotopic (exact) mass is 272 g/mol. The van der Waals surface area contributed by atoms with E-state index in [1.54, 1.807) is 6.92 Å². The van der Waals surface area contributed by atoms with Gasteiger partial charge in [-0.15, -0.1) is 0 Å². The Morgan fingerprint density at radius 3 is 2.25 bits per heavy atom. The summed E-state index contributed by atoms with van der Waals surface area (Å²) in [6.45, 7) is 5.74. The molecular weight excluding hydrogens is 255 g/mol. The highest BCUT2D eigenvalue weighted by atomic mass is 19.1. The second kappa shape index (κ2) is 5.45. The zero-order chi connectivity index (χ0) is 14.9. The van der Waals surface area contributed by atoms with Crippen LogP contribution >= 0.6 is 0 Å². The lowest BCUT2D eigenvalue weighted by Gasteiger charge is -2.11. The van der Waals surface area contributed by atoms with Gasteiger partial charge in [0.25, 0.3) is 0 Å². The third kappa shape index (κ3) is 2.72. The van der Waals surface area contributed by atoms with Crippen LogP contribution in [0.1, 0.15) is 41.3 Å². The van der Waals surface area contributed by atoms with Crippen LogP contribution in [0.4, 0.5) is 4.39 Å². The average Bonchev–Trinajstić information content (AvgIpc) is 2.41. The zero-order valence-electron chi connectivity index (χ0n) is 11.8. The van der Waals surface area contributed by atoms with Gasteiger partial charge in [0.05, 0.1) is 5.56 Å². The fourth-order valence-electron chi connectivity index (χ4n) is 2.14. The maximum Gasteiger partial charge on any atom is 0.336 e. The summed E-state index contributed by atoms with van der Waals surface area (Å²) in [7, 11) is 0. The highest BCUT2D eigenvalue weighted by molar-refractivity contribution is 5.96. The summed E-state index contributed by atoms with van der Waals surface area (Å²) >= 11 is 0. The number of aromatic carboxylic acids is 1. The Morgan fingerprint density at radius 1 is 1.15 bits per heavy atom. The molecule has 2 aromatic rings. The van der Waals surface area contributed by atoms with Crippen molar-refractivity contribution in [3.8, 4) is 11.1 Å². The SMILES string of the molecule is Cc1cc(C(=O)O)c(-c2ccc(C(C)C)cc2)cc1F. The smallest absolute Gasteiger partial charge is 0.336 e. The van der Waals surface area contributed by atoms with Gasteiger partial charge in [0.15, 0.2) is 0 Å². The summed E-state index contributed by atoms with van der Waals surface area (Å²) in [5.74, 6) is -1.04. The van der Waals surface area contributed by atoms with Crippen molar-refractivity contribution in [3.05, 3.63) is 58.9 Å². The predicted octanol–water partition coefficient (Wildman–Crippen LogP) is 4.62. The van der Waals surface area contributed by atoms with Crippen LogP contribution in [-0.4, -0.2) is 11.1 Å². The maximum atomic E-state index is 13.7. The van der Waals surface area contributed by atoms with E-state index in [2.05, 4.69) is 13.8 Å². The third-order valence-corrected chi connectivity index (χ3v) is 3.42. The molecule has 2 nitrogen and oxygen atoms in total. The lowest BCUT2D eigenvalue weighted by molar-refractivity contribution is 0.0697. The van der Waals surface area contributed by atoms with E-state index in [1.165, 1.54) is 17.7 Å². The lowest BCUT2D eigenvalue weighted by Crippen LogP contribution is -2.02. The molecule has 0 aliphatic carbocycles. The van der Waals surface area contributed by atoms with Gasteiger partial charge in [-0.25, -0.2) is 9.18 Å². The number of carboxylic acids is 1. The molecule has 0 aliphatic rings. The molecule has 0 saturated carbocycles. The topological polar surface area (TPSA) is 37.3 Å². The Labute approximate surface area is 117 Å². The van der Waals surface area contributed by atoms with Crippen molar-refractivity contribution in [2.24, 2.45) is 0 Å². The van der Waals surface area contributed by atoms with Gasteiger partial charge >= 0.3 is 5.97 Å². The first kappa shape index (κ1) is 14.3. The third-order valence-electron chi connectivity index (χ3n) is 3.42. The zero-order valence-corrected chi connectivity index (χ0v) is 11.8. The highest BCUT2D eigenvalue weighted by Crippen LogP contribution is 2.28. The molecule has 0 unspecified atom stereocenters. The van der Waals surface area contributed by atoms with Crippen LogP contribution in [-0.2, 0) is 0 Å². The molecule has 2 aromatic carbocycles. The number of carbonyl (C=O) groups is 1. The number of aryl methyl sites for hydroxylation is 1. The summed E-state index contributed by atoms with van der Waals surface area (Å²) in [6, 6.07) is 10.2. The van der Waals surface area contributed by atoms with Crippen molar-refractivity contribution in [1.29, 1.82) is 0 Å². The Balaban J connectivity index is 2.56. The molecule has 104 valence electrons. The molecule has 0 bridgehead atoms. The van der Waals surface area contributed by atoms with Crippen LogP contribution in [0.2, 0.25) is 0 Å². The van der Waals surface area contributed by atoms with Crippen molar-refractivity contribution in [3.63, 3.8) is 0 Å². The van der Waals surface area contributed by atoms with Gasteiger partial charge < -0.3 is 5.11 Å². The molecule has 0 saturated heterocycles. The van der Waals surface area contributed by atoms with Gasteiger partial charge in [-0.1, -0.05) is 38.1 Å². The maximum absolute atomic E-state index is 13.7. The fourth-order valence-corrected chi connectivity index (χ4v) is 2.14. The van der Waals surface area contributed by atoms with Crippen molar-refractivity contribution in [1.82, 2.24) is 0 Å². The molecule has 1 N–H and O–H groups in total. The first-order valence-electron chi connectivity index (χ1n) is 6.54. The van der Waals surface area contributed by atoms with E-state index in [1.807, 2.05) is 24.3 Å². The number of rotatable bonds is 3. The van der Waals surface area contributed by atoms with E-state index in [9.17, 15) is 14.3 Å². The van der Waals surface area contributed by atoms with E-state index < -0.39 is 11.8 Å². The number of benzene rings is 2. The number of hydrogen-bond acceptors (Lipinski definition) is 1. The van der Waals surface area contributed by atoms with Crippen LogP contribution in [0.25, 0.3) is 11.1 Å². The van der Waals surface area contributed by atoms with Crippen molar-refractivity contribution in [2.45, 2.75) is 26.7 Å². The molecule has 2 rings (SSSR count). The average molecular weight is 272 g/mol. The summed E-state index contributed by atoms with van der Waals surface area (Å²) < 4.78 is 13.7. The van der Waals surface area contributed by atoms with Gasteiger partial charge in [-0.3, -0.25) is 0 Å². The molecule has 0 amide bonds. The van der Waals surface area contributed by atoms with E-state index in [0.717, 1.165) is 0 Å². The van der Waals surface area contributed by atoms with Crippen LogP contribution in [0.15, 0.2) is 36.4 Å². The summed E-state index contributed by atoms with van der Waals surface area (Å²) in [6.07, 6.45) is 0. The standard InChI is InChI=1S/C17H17FO2/c1-10(2)12-4-6-13(7-5-12)14-9-16(18)11(3)8-15(14)17(19)20/h4-10H,1-3H3,(H,19,20). The molecule has 0 fully saturated rings. The Kier molecular flexibility index (Phi) is 3.89. The molecule has 0 spiro atoms. The number of halogens is 1. The minimum atomic E-state index is -1.05. The Bertz CT molecular complexity index is 643. The highest BCUT2D eigenvalue weighted by Gasteiger charge is 2.15. The van der Waals surface area contributed by atoms with Crippen molar-refractivity contribution >= 4 is 5.97 Å². The minimum absolute atomic E-state index is 0.126. The first-order chi connectivity index (χ1) is 9.40. The van der Waals surface area contributed by atoms with Gasteiger partial charge in [-0.05, 0) is 47.2 Å². The van der Waals surface area contributed by atoms with Crippen LogP contribution in [0.5, 0.6) is 0 Å². The molecule has 0 radical (unpaired) electrons. The van der Waals surface area contributed by atoms with Crippen LogP contribution in [0, 0.1) is 12.7 Å². The summed E-state index contributed by atoms with van der Waals surface area (Å²) in [5, 5.41) is 9.26. The molecule has 20 heavy (non-hydrogen) atoms. The Hall–Kier alpha value is -2.16. The lowest BCUT2D eigenvalue weighted by atomic mass is 9.95. The first-order valence-corrected chi connectivity index (χ1v) is 6.54. The van der Waals surface area contributed by atoms with Crippen LogP contribution < -0.4 is 0 Å². The fraction of sp³-hybridized carbons (Fsp3) is 0.235. The van der Waals surface area contributed by atoms with Gasteiger partial charge in [0.2, 0.25) is 0 Å². The van der Waals surface area contributed by atoms with E-state index >= 15 is 0 Å². The largest absolute Gasteiger partial charge is 0.478 e. The van der Waals surface area contributed by atoms with E-state index in [4.69, 9.17) is 0 Å². The molecule has 0 aromatic heterocycles. The second-order valence-corrected chi connectivity index (χ2v) is 5.23. The molecule has 3 heteroatoms. The molecule has 0 heterocycles. The van der Waals surface area contributed by atoms with Gasteiger partial charge in [0.1, 0.15) is 5.82 Å². The number of hydrogen-bond donors (Lipinski definition) is 1. The summed E-state index contributed by atoms with van der Waals surface area (Å²) in [4.78, 5) is 11.3. The minimum Gasteiger partial charge on any atom is -0.478 e. The van der Waals surface area contributed by atoms with Crippen molar-refractivity contribution < 1.29 is 14.3 Å². The summed E-state index contributed by atoms with van der Waals surface area (Å²) in [5.41, 5.74) is 2.76. The normalized spacial score (nSPS) is 10.8. The Morgan fingerprint density at radius 2 is 1.75 bits per heavy atom. The molecule has 0 aliphatic heterocycles. The predicted molar refractivity (Wildman–Crippen MR) is 77.6 cm³/mol. The second-order valence-electron chi connectivity index (χ2n) is 5.23. The van der Waals surface area contributed by atoms with E-state index in [-0.39, 0.29) is 5.56 Å². The molecule has 0 atom stereocenters. The van der Waals surface area contributed by atoms with E-state index in [0.29, 0.717) is 22.6 Å².